The number of esters is 1. The first-order valence-corrected chi connectivity index (χ1v) is 7.80. The average molecular weight is 387 g/mol. The Hall–Kier alpha value is -4.08. The molecule has 9 nitrogen and oxygen atoms in total. The number of carbonyl (C=O) groups is 3. The highest BCUT2D eigenvalue weighted by Crippen LogP contribution is 2.18. The van der Waals surface area contributed by atoms with Gasteiger partial charge in [-0.1, -0.05) is 24.3 Å². The second kappa shape index (κ2) is 9.57. The third-order valence-electron chi connectivity index (χ3n) is 3.25. The van der Waals surface area contributed by atoms with Gasteiger partial charge in [0, 0.05) is 12.1 Å². The summed E-state index contributed by atoms with van der Waals surface area (Å²) in [7, 11) is 0. The van der Waals surface area contributed by atoms with Gasteiger partial charge in [0.1, 0.15) is 5.82 Å². The number of anilines is 1. The van der Waals surface area contributed by atoms with E-state index in [9.17, 15) is 28.9 Å². The summed E-state index contributed by atoms with van der Waals surface area (Å²) in [5.74, 6) is -2.57. The number of nitrogens with one attached hydrogen (secondary N) is 2. The fraction of sp³-hybridized carbons (Fsp3) is 0.0556. The number of benzene rings is 2. The fourth-order valence-corrected chi connectivity index (χ4v) is 2.02. The average Bonchev–Trinajstić information content (AvgIpc) is 2.66. The van der Waals surface area contributed by atoms with Gasteiger partial charge in [-0.25, -0.2) is 14.0 Å². The Bertz CT molecular complexity index is 944. The predicted octanol–water partition coefficient (Wildman–Crippen LogP) is 2.64. The van der Waals surface area contributed by atoms with Gasteiger partial charge < -0.3 is 10.1 Å². The number of para-hydroxylation sites is 2. The van der Waals surface area contributed by atoms with Crippen molar-refractivity contribution in [3.05, 3.63) is 76.1 Å². The van der Waals surface area contributed by atoms with Gasteiger partial charge in [0.15, 0.2) is 6.61 Å². The lowest BCUT2D eigenvalue weighted by Gasteiger charge is -2.07. The molecule has 0 unspecified atom stereocenters. The van der Waals surface area contributed by atoms with E-state index in [4.69, 9.17) is 0 Å². The predicted molar refractivity (Wildman–Crippen MR) is 96.7 cm³/mol. The normalized spacial score (nSPS) is 10.3. The number of nitro groups is 1. The zero-order valence-corrected chi connectivity index (χ0v) is 14.3. The van der Waals surface area contributed by atoms with Crippen molar-refractivity contribution < 1.29 is 28.4 Å². The minimum Gasteiger partial charge on any atom is -0.452 e. The Labute approximate surface area is 158 Å². The van der Waals surface area contributed by atoms with Crippen molar-refractivity contribution >= 4 is 35.4 Å². The van der Waals surface area contributed by atoms with E-state index in [0.29, 0.717) is 0 Å². The molecule has 2 aromatic rings. The second-order valence-electron chi connectivity index (χ2n) is 5.24. The van der Waals surface area contributed by atoms with Crippen LogP contribution in [0.1, 0.15) is 5.56 Å². The molecule has 28 heavy (non-hydrogen) atoms. The number of halogens is 1. The lowest BCUT2D eigenvalue weighted by molar-refractivity contribution is -0.385. The number of imide groups is 1. The van der Waals surface area contributed by atoms with Gasteiger partial charge in [-0.05, 0) is 24.3 Å². The molecule has 0 fully saturated rings. The number of nitro benzene ring substituents is 1. The molecule has 0 saturated carbocycles. The van der Waals surface area contributed by atoms with E-state index in [1.165, 1.54) is 42.5 Å². The summed E-state index contributed by atoms with van der Waals surface area (Å²) in [5, 5.41) is 14.9. The molecule has 0 atom stereocenters. The maximum Gasteiger partial charge on any atom is 0.331 e. The molecule has 0 aromatic heterocycles. The summed E-state index contributed by atoms with van der Waals surface area (Å²) in [6, 6.07) is 10.1. The number of amides is 3. The number of nitrogens with zero attached hydrogens (tertiary/aromatic N) is 1. The Morgan fingerprint density at radius 3 is 2.50 bits per heavy atom. The summed E-state index contributed by atoms with van der Waals surface area (Å²) in [6.45, 7) is -0.773. The molecule has 0 aliphatic heterocycles. The largest absolute Gasteiger partial charge is 0.452 e. The Kier molecular flexibility index (Phi) is 6.92. The van der Waals surface area contributed by atoms with E-state index in [1.54, 1.807) is 6.07 Å². The molecule has 0 bridgehead atoms. The van der Waals surface area contributed by atoms with Crippen LogP contribution < -0.4 is 10.6 Å². The minimum atomic E-state index is -0.999. The van der Waals surface area contributed by atoms with Crippen LogP contribution in [-0.4, -0.2) is 29.4 Å². The SMILES string of the molecule is O=C(COC(=O)/C=C/c1ccccc1[N+](=O)[O-])NC(=O)Nc1ccccc1F. The van der Waals surface area contributed by atoms with Gasteiger partial charge in [-0.2, -0.15) is 0 Å². The topological polar surface area (TPSA) is 128 Å². The third-order valence-corrected chi connectivity index (χ3v) is 3.25. The lowest BCUT2D eigenvalue weighted by atomic mass is 10.1. The van der Waals surface area contributed by atoms with Crippen molar-refractivity contribution in [1.82, 2.24) is 5.32 Å². The van der Waals surface area contributed by atoms with E-state index in [2.05, 4.69) is 10.1 Å². The first-order valence-electron chi connectivity index (χ1n) is 7.80. The highest BCUT2D eigenvalue weighted by molar-refractivity contribution is 6.02. The third kappa shape index (κ3) is 6.02. The minimum absolute atomic E-state index is 0.128. The molecule has 2 N–H and O–H groups in total. The molecule has 2 rings (SSSR count). The lowest BCUT2D eigenvalue weighted by Crippen LogP contribution is -2.37. The summed E-state index contributed by atoms with van der Waals surface area (Å²) in [5.41, 5.74) is -0.149. The number of hydrogen-bond donors (Lipinski definition) is 2. The monoisotopic (exact) mass is 387 g/mol. The summed E-state index contributed by atoms with van der Waals surface area (Å²) in [4.78, 5) is 45.1. The Morgan fingerprint density at radius 1 is 1.11 bits per heavy atom. The van der Waals surface area contributed by atoms with Crippen LogP contribution in [0.2, 0.25) is 0 Å². The maximum atomic E-state index is 13.4. The van der Waals surface area contributed by atoms with E-state index in [-0.39, 0.29) is 16.9 Å². The van der Waals surface area contributed by atoms with Crippen molar-refractivity contribution in [1.29, 1.82) is 0 Å². The van der Waals surface area contributed by atoms with Crippen LogP contribution in [0.4, 0.5) is 20.6 Å². The molecule has 0 aliphatic rings. The van der Waals surface area contributed by atoms with E-state index >= 15 is 0 Å². The first kappa shape index (κ1) is 20.2. The first-order chi connectivity index (χ1) is 13.4. The van der Waals surface area contributed by atoms with Crippen molar-refractivity contribution in [2.45, 2.75) is 0 Å². The van der Waals surface area contributed by atoms with Crippen LogP contribution in [0, 0.1) is 15.9 Å². The molecule has 0 saturated heterocycles. The van der Waals surface area contributed by atoms with Crippen LogP contribution in [0.5, 0.6) is 0 Å². The molecular weight excluding hydrogens is 373 g/mol. The van der Waals surface area contributed by atoms with Gasteiger partial charge in [0.25, 0.3) is 11.6 Å². The van der Waals surface area contributed by atoms with Crippen LogP contribution in [0.15, 0.2) is 54.6 Å². The summed E-state index contributed by atoms with van der Waals surface area (Å²) in [6.07, 6.45) is 2.08. The molecule has 0 spiro atoms. The summed E-state index contributed by atoms with van der Waals surface area (Å²) < 4.78 is 18.0. The highest BCUT2D eigenvalue weighted by atomic mass is 19.1. The zero-order valence-electron chi connectivity index (χ0n) is 14.3. The van der Waals surface area contributed by atoms with Crippen molar-refractivity contribution in [3.63, 3.8) is 0 Å². The quantitative estimate of drug-likeness (QED) is 0.339. The van der Waals surface area contributed by atoms with Crippen LogP contribution in [0.25, 0.3) is 6.08 Å². The zero-order chi connectivity index (χ0) is 20.5. The van der Waals surface area contributed by atoms with Crippen molar-refractivity contribution in [2.24, 2.45) is 0 Å². The maximum absolute atomic E-state index is 13.4. The molecule has 10 heteroatoms. The van der Waals surface area contributed by atoms with Crippen molar-refractivity contribution in [2.75, 3.05) is 11.9 Å². The number of ether oxygens (including phenoxy) is 1. The van der Waals surface area contributed by atoms with E-state index < -0.39 is 35.3 Å². The van der Waals surface area contributed by atoms with Crippen LogP contribution >= 0.6 is 0 Å². The van der Waals surface area contributed by atoms with Gasteiger partial charge in [-0.3, -0.25) is 20.2 Å². The van der Waals surface area contributed by atoms with Gasteiger partial charge >= 0.3 is 12.0 Å². The smallest absolute Gasteiger partial charge is 0.331 e. The number of urea groups is 1. The second-order valence-corrected chi connectivity index (χ2v) is 5.24. The Balaban J connectivity index is 1.82. The van der Waals surface area contributed by atoms with E-state index in [0.717, 1.165) is 12.1 Å². The molecule has 0 heterocycles. The molecule has 3 amide bonds. The van der Waals surface area contributed by atoms with Crippen molar-refractivity contribution in [3.8, 4) is 0 Å². The molecular formula is C18H14FN3O6. The highest BCUT2D eigenvalue weighted by Gasteiger charge is 2.13. The number of hydrogen-bond acceptors (Lipinski definition) is 6. The van der Waals surface area contributed by atoms with Crippen LogP contribution in [-0.2, 0) is 14.3 Å². The summed E-state index contributed by atoms with van der Waals surface area (Å²) >= 11 is 0. The standard InChI is InChI=1S/C18H14FN3O6/c19-13-6-2-3-7-14(13)20-18(25)21-16(23)11-28-17(24)10-9-12-5-1-4-8-15(12)22(26)27/h1-10H,11H2,(H2,20,21,23,25)/b10-9+. The molecule has 2 aromatic carbocycles. The number of carbonyl (C=O) groups excluding carboxylic acids is 3. The fourth-order valence-electron chi connectivity index (χ4n) is 2.02. The van der Waals surface area contributed by atoms with Gasteiger partial charge in [-0.15, -0.1) is 0 Å². The molecule has 0 radical (unpaired) electrons. The number of rotatable bonds is 6. The van der Waals surface area contributed by atoms with Gasteiger partial charge in [0.2, 0.25) is 0 Å². The van der Waals surface area contributed by atoms with Crippen LogP contribution in [0.3, 0.4) is 0 Å². The van der Waals surface area contributed by atoms with Gasteiger partial charge in [0.05, 0.1) is 16.2 Å². The van der Waals surface area contributed by atoms with E-state index in [1.807, 2.05) is 5.32 Å². The Morgan fingerprint density at radius 2 is 1.79 bits per heavy atom. The molecule has 0 aliphatic carbocycles. The molecule has 144 valence electrons.